The number of carbonyl (C=O) groups excluding carboxylic acids is 2. The zero-order valence-corrected chi connectivity index (χ0v) is 18.7. The molecule has 0 atom stereocenters. The fourth-order valence-electron chi connectivity index (χ4n) is 4.30. The van der Waals surface area contributed by atoms with E-state index in [1.54, 1.807) is 4.90 Å². The van der Waals surface area contributed by atoms with Crippen LogP contribution < -0.4 is 4.74 Å². The smallest absolute Gasteiger partial charge is 0.308 e. The molecule has 1 amide bonds. The van der Waals surface area contributed by atoms with Gasteiger partial charge in [-0.3, -0.25) is 14.5 Å². The number of piperidine rings is 1. The van der Waals surface area contributed by atoms with E-state index in [0.29, 0.717) is 24.7 Å². The Bertz CT molecular complexity index is 1010. The standard InChI is InChI=1S/C24H26ClFN2O4/c1-31-24(30)17-6-8-27(9-7-17)14-16-2-5-22-18(12-16)15-28(10-11-32-22)23(29)20-13-19(25)3-4-21(20)26/h2-5,12-13,17H,6-11,14-15H2,1H3. The largest absolute Gasteiger partial charge is 0.491 e. The number of ether oxygens (including phenoxy) is 2. The fraction of sp³-hybridized carbons (Fsp3) is 0.417. The van der Waals surface area contributed by atoms with E-state index in [1.165, 1.54) is 25.3 Å². The molecule has 0 aliphatic carbocycles. The van der Waals surface area contributed by atoms with E-state index >= 15 is 0 Å². The Balaban J connectivity index is 1.45. The number of nitrogens with zero attached hydrogens (tertiary/aromatic N) is 2. The van der Waals surface area contributed by atoms with Crippen molar-refractivity contribution in [2.24, 2.45) is 5.92 Å². The molecular weight excluding hydrogens is 435 g/mol. The first-order valence-electron chi connectivity index (χ1n) is 10.7. The maximum Gasteiger partial charge on any atom is 0.308 e. The van der Waals surface area contributed by atoms with Gasteiger partial charge in [0.15, 0.2) is 0 Å². The maximum atomic E-state index is 14.2. The monoisotopic (exact) mass is 460 g/mol. The Morgan fingerprint density at radius 1 is 1.16 bits per heavy atom. The van der Waals surface area contributed by atoms with Crippen molar-refractivity contribution >= 4 is 23.5 Å². The third-order valence-electron chi connectivity index (χ3n) is 6.08. The number of fused-ring (bicyclic) bond motifs is 1. The zero-order valence-electron chi connectivity index (χ0n) is 18.0. The molecule has 0 radical (unpaired) electrons. The summed E-state index contributed by atoms with van der Waals surface area (Å²) in [5, 5.41) is 0.319. The third kappa shape index (κ3) is 5.05. The van der Waals surface area contributed by atoms with E-state index in [4.69, 9.17) is 21.1 Å². The molecule has 0 aromatic heterocycles. The Morgan fingerprint density at radius 3 is 2.69 bits per heavy atom. The van der Waals surface area contributed by atoms with E-state index in [-0.39, 0.29) is 17.5 Å². The Hall–Kier alpha value is -2.64. The second-order valence-corrected chi connectivity index (χ2v) is 8.65. The summed E-state index contributed by atoms with van der Waals surface area (Å²) in [6, 6.07) is 10.00. The molecule has 8 heteroatoms. The Morgan fingerprint density at radius 2 is 1.94 bits per heavy atom. The van der Waals surface area contributed by atoms with Gasteiger partial charge < -0.3 is 14.4 Å². The first kappa shape index (κ1) is 22.6. The van der Waals surface area contributed by atoms with Gasteiger partial charge in [0.05, 0.1) is 25.1 Å². The maximum absolute atomic E-state index is 14.2. The molecule has 0 N–H and O–H groups in total. The minimum atomic E-state index is -0.589. The van der Waals surface area contributed by atoms with Crippen molar-refractivity contribution < 1.29 is 23.5 Å². The van der Waals surface area contributed by atoms with Crippen LogP contribution in [0.2, 0.25) is 5.02 Å². The van der Waals surface area contributed by atoms with E-state index in [2.05, 4.69) is 4.90 Å². The average molecular weight is 461 g/mol. The van der Waals surface area contributed by atoms with Crippen molar-refractivity contribution in [3.05, 3.63) is 63.9 Å². The summed E-state index contributed by atoms with van der Waals surface area (Å²) in [6.07, 6.45) is 1.57. The second kappa shape index (κ2) is 9.88. The minimum absolute atomic E-state index is 0.0249. The molecule has 4 rings (SSSR count). The molecule has 2 aliphatic rings. The van der Waals surface area contributed by atoms with Crippen LogP contribution in [0, 0.1) is 11.7 Å². The highest BCUT2D eigenvalue weighted by atomic mass is 35.5. The van der Waals surface area contributed by atoms with Crippen LogP contribution in [0.5, 0.6) is 5.75 Å². The lowest BCUT2D eigenvalue weighted by atomic mass is 9.96. The summed E-state index contributed by atoms with van der Waals surface area (Å²) in [4.78, 5) is 28.6. The number of esters is 1. The van der Waals surface area contributed by atoms with Crippen LogP contribution in [0.1, 0.15) is 34.3 Å². The predicted octanol–water partition coefficient (Wildman–Crippen LogP) is 3.90. The van der Waals surface area contributed by atoms with Gasteiger partial charge in [0, 0.05) is 23.7 Å². The van der Waals surface area contributed by atoms with E-state index in [9.17, 15) is 14.0 Å². The molecule has 1 saturated heterocycles. The molecule has 170 valence electrons. The van der Waals surface area contributed by atoms with Gasteiger partial charge in [-0.05, 0) is 61.8 Å². The summed E-state index contributed by atoms with van der Waals surface area (Å²) >= 11 is 5.97. The highest BCUT2D eigenvalue weighted by Gasteiger charge is 2.27. The van der Waals surface area contributed by atoms with Gasteiger partial charge >= 0.3 is 5.97 Å². The molecule has 32 heavy (non-hydrogen) atoms. The molecule has 0 spiro atoms. The molecule has 2 heterocycles. The number of amides is 1. The van der Waals surface area contributed by atoms with Gasteiger partial charge in [-0.1, -0.05) is 17.7 Å². The van der Waals surface area contributed by atoms with E-state index in [1.807, 2.05) is 18.2 Å². The molecule has 2 aromatic rings. The number of halogens is 2. The minimum Gasteiger partial charge on any atom is -0.491 e. The zero-order chi connectivity index (χ0) is 22.7. The molecule has 0 bridgehead atoms. The molecule has 0 unspecified atom stereocenters. The predicted molar refractivity (Wildman–Crippen MR) is 118 cm³/mol. The van der Waals surface area contributed by atoms with E-state index < -0.39 is 11.7 Å². The summed E-state index contributed by atoms with van der Waals surface area (Å²) in [5.74, 6) is -0.415. The Labute approximate surface area is 191 Å². The van der Waals surface area contributed by atoms with Crippen molar-refractivity contribution in [2.75, 3.05) is 33.4 Å². The van der Waals surface area contributed by atoms with Crippen LogP contribution in [-0.4, -0.2) is 55.0 Å². The SMILES string of the molecule is COC(=O)C1CCN(Cc2ccc3c(c2)CN(C(=O)c2cc(Cl)ccc2F)CCO3)CC1. The molecule has 2 aromatic carbocycles. The number of likely N-dealkylation sites (tertiary alicyclic amines) is 1. The van der Waals surface area contributed by atoms with Gasteiger partial charge in [0.1, 0.15) is 18.2 Å². The van der Waals surface area contributed by atoms with E-state index in [0.717, 1.165) is 49.4 Å². The normalized spacial score (nSPS) is 17.3. The summed E-state index contributed by atoms with van der Waals surface area (Å²) in [6.45, 7) is 3.42. The number of benzene rings is 2. The first-order chi connectivity index (χ1) is 15.4. The van der Waals surface area contributed by atoms with Gasteiger partial charge in [-0.25, -0.2) is 4.39 Å². The lowest BCUT2D eigenvalue weighted by Crippen LogP contribution is -2.36. The number of hydrogen-bond acceptors (Lipinski definition) is 5. The van der Waals surface area contributed by atoms with Crippen LogP contribution in [0.15, 0.2) is 36.4 Å². The molecule has 2 aliphatic heterocycles. The number of carbonyl (C=O) groups is 2. The second-order valence-electron chi connectivity index (χ2n) is 8.21. The van der Waals surface area contributed by atoms with Gasteiger partial charge in [0.2, 0.25) is 0 Å². The highest BCUT2D eigenvalue weighted by molar-refractivity contribution is 6.31. The van der Waals surface area contributed by atoms with Gasteiger partial charge in [0.25, 0.3) is 5.91 Å². The summed E-state index contributed by atoms with van der Waals surface area (Å²) in [5.41, 5.74) is 1.96. The van der Waals surface area contributed by atoms with Crippen LogP contribution in [0.25, 0.3) is 0 Å². The average Bonchev–Trinajstić information content (AvgIpc) is 3.02. The fourth-order valence-corrected chi connectivity index (χ4v) is 4.47. The van der Waals surface area contributed by atoms with Gasteiger partial charge in [-0.15, -0.1) is 0 Å². The van der Waals surface area contributed by atoms with Crippen molar-refractivity contribution in [1.29, 1.82) is 0 Å². The van der Waals surface area contributed by atoms with Crippen LogP contribution in [-0.2, 0) is 22.6 Å². The van der Waals surface area contributed by atoms with Crippen molar-refractivity contribution in [3.63, 3.8) is 0 Å². The number of hydrogen-bond donors (Lipinski definition) is 0. The van der Waals surface area contributed by atoms with Crippen LogP contribution in [0.4, 0.5) is 4.39 Å². The molecule has 0 saturated carbocycles. The van der Waals surface area contributed by atoms with Crippen LogP contribution >= 0.6 is 11.6 Å². The summed E-state index contributed by atoms with van der Waals surface area (Å²) < 4.78 is 24.9. The van der Waals surface area contributed by atoms with Crippen molar-refractivity contribution in [2.45, 2.75) is 25.9 Å². The molecule has 6 nitrogen and oxygen atoms in total. The first-order valence-corrected chi connectivity index (χ1v) is 11.1. The topological polar surface area (TPSA) is 59.1 Å². The van der Waals surface area contributed by atoms with Crippen molar-refractivity contribution in [1.82, 2.24) is 9.80 Å². The van der Waals surface area contributed by atoms with Crippen LogP contribution in [0.3, 0.4) is 0 Å². The summed E-state index contributed by atoms with van der Waals surface area (Å²) in [7, 11) is 1.43. The lowest BCUT2D eigenvalue weighted by Gasteiger charge is -2.30. The molecule has 1 fully saturated rings. The highest BCUT2D eigenvalue weighted by Crippen LogP contribution is 2.28. The quantitative estimate of drug-likeness (QED) is 0.648. The number of methoxy groups -OCH3 is 1. The molecular formula is C24H26ClFN2O4. The van der Waals surface area contributed by atoms with Crippen molar-refractivity contribution in [3.8, 4) is 5.75 Å². The Kier molecular flexibility index (Phi) is 6.96. The third-order valence-corrected chi connectivity index (χ3v) is 6.31. The lowest BCUT2D eigenvalue weighted by molar-refractivity contribution is -0.147. The van der Waals surface area contributed by atoms with Gasteiger partial charge in [-0.2, -0.15) is 0 Å². The number of rotatable bonds is 4.